The van der Waals surface area contributed by atoms with Gasteiger partial charge in [0.1, 0.15) is 0 Å². The molecule has 0 radical (unpaired) electrons. The number of aryl methyl sites for hydroxylation is 1. The van der Waals surface area contributed by atoms with Crippen molar-refractivity contribution in [2.24, 2.45) is 11.0 Å². The topological polar surface area (TPSA) is 68.1 Å². The Hall–Kier alpha value is -2.51. The predicted molar refractivity (Wildman–Crippen MR) is 104 cm³/mol. The van der Waals surface area contributed by atoms with Crippen LogP contribution in [-0.2, 0) is 6.54 Å². The van der Waals surface area contributed by atoms with Crippen LogP contribution in [0.1, 0.15) is 17.5 Å². The lowest BCUT2D eigenvalue weighted by molar-refractivity contribution is 0.101. The summed E-state index contributed by atoms with van der Waals surface area (Å²) in [6, 6.07) is 9.74. The minimum absolute atomic E-state index is 0.0359. The summed E-state index contributed by atoms with van der Waals surface area (Å²) in [5.74, 6) is -2.34. The molecular formula is C18H18F2N6S. The molecule has 1 aromatic carbocycles. The number of azide groups is 1. The van der Waals surface area contributed by atoms with Gasteiger partial charge in [-0.25, -0.2) is 13.8 Å². The third kappa shape index (κ3) is 3.40. The van der Waals surface area contributed by atoms with Crippen LogP contribution in [0.3, 0.4) is 0 Å². The van der Waals surface area contributed by atoms with Crippen LogP contribution in [0.2, 0.25) is 0 Å². The van der Waals surface area contributed by atoms with Crippen LogP contribution in [0, 0.1) is 12.8 Å². The van der Waals surface area contributed by atoms with Gasteiger partial charge in [-0.1, -0.05) is 17.2 Å². The Morgan fingerprint density at radius 1 is 1.37 bits per heavy atom. The Balaban J connectivity index is 1.63. The van der Waals surface area contributed by atoms with Crippen molar-refractivity contribution >= 4 is 23.6 Å². The highest BCUT2D eigenvalue weighted by molar-refractivity contribution is 8.02. The summed E-state index contributed by atoms with van der Waals surface area (Å²) in [5.41, 5.74) is 13.1. The molecule has 1 aliphatic heterocycles. The number of fused-ring (bicyclic) bond motifs is 1. The van der Waals surface area contributed by atoms with Gasteiger partial charge in [-0.15, -0.1) is 0 Å². The molecule has 2 aromatic rings. The number of pyridine rings is 1. The summed E-state index contributed by atoms with van der Waals surface area (Å²) in [7, 11) is 1.89. The Bertz CT molecular complexity index is 943. The number of hydrogen-bond donors (Lipinski definition) is 0. The zero-order chi connectivity index (χ0) is 19.2. The van der Waals surface area contributed by atoms with Crippen LogP contribution in [0.25, 0.3) is 21.7 Å². The molecule has 140 valence electrons. The Morgan fingerprint density at radius 3 is 2.85 bits per heavy atom. The number of hydrogen-bond acceptors (Lipinski definition) is 5. The van der Waals surface area contributed by atoms with Gasteiger partial charge in [-0.3, -0.25) is 8.61 Å². The van der Waals surface area contributed by atoms with Crippen LogP contribution >= 0.6 is 12.1 Å². The first-order valence-corrected chi connectivity index (χ1v) is 9.31. The van der Waals surface area contributed by atoms with Crippen LogP contribution in [0.5, 0.6) is 0 Å². The van der Waals surface area contributed by atoms with Gasteiger partial charge in [0.15, 0.2) is 5.82 Å². The molecule has 9 heteroatoms. The first-order valence-electron chi connectivity index (χ1n) is 8.58. The average Bonchev–Trinajstić information content (AvgIpc) is 3.12. The van der Waals surface area contributed by atoms with Crippen molar-refractivity contribution in [1.82, 2.24) is 4.98 Å². The quantitative estimate of drug-likeness (QED) is 0.300. The van der Waals surface area contributed by atoms with Crippen molar-refractivity contribution in [3.63, 3.8) is 0 Å². The maximum Gasteiger partial charge on any atom is 0.253 e. The van der Waals surface area contributed by atoms with Gasteiger partial charge in [0.2, 0.25) is 0 Å². The molecule has 6 nitrogen and oxygen atoms in total. The molecule has 0 spiro atoms. The van der Waals surface area contributed by atoms with E-state index in [1.165, 1.54) is 12.1 Å². The molecule has 4 rings (SSSR count). The van der Waals surface area contributed by atoms with Gasteiger partial charge >= 0.3 is 0 Å². The molecule has 0 saturated heterocycles. The third-order valence-electron chi connectivity index (χ3n) is 4.88. The number of rotatable bonds is 5. The molecule has 1 atom stereocenters. The van der Waals surface area contributed by atoms with E-state index < -0.39 is 11.8 Å². The van der Waals surface area contributed by atoms with Crippen molar-refractivity contribution in [3.8, 4) is 11.3 Å². The van der Waals surface area contributed by atoms with Crippen LogP contribution in [0.15, 0.2) is 35.4 Å². The summed E-state index contributed by atoms with van der Waals surface area (Å²) < 4.78 is 30.4. The average molecular weight is 388 g/mol. The summed E-state index contributed by atoms with van der Waals surface area (Å²) in [4.78, 5) is 7.57. The van der Waals surface area contributed by atoms with E-state index in [0.717, 1.165) is 33.9 Å². The lowest BCUT2D eigenvalue weighted by Gasteiger charge is -2.16. The number of aromatic nitrogens is 1. The van der Waals surface area contributed by atoms with Crippen LogP contribution in [0.4, 0.5) is 20.3 Å². The second-order valence-electron chi connectivity index (χ2n) is 6.88. The highest BCUT2D eigenvalue weighted by Crippen LogP contribution is 2.52. The second-order valence-corrected chi connectivity index (χ2v) is 8.03. The van der Waals surface area contributed by atoms with Gasteiger partial charge in [-0.2, -0.15) is 0 Å². The molecule has 1 saturated carbocycles. The Morgan fingerprint density at radius 2 is 2.15 bits per heavy atom. The number of nitrogens with zero attached hydrogens (tertiary/aromatic N) is 6. The number of benzene rings is 1. The molecule has 1 aromatic heterocycles. The van der Waals surface area contributed by atoms with Crippen molar-refractivity contribution in [2.45, 2.75) is 25.8 Å². The van der Waals surface area contributed by atoms with Gasteiger partial charge in [0.05, 0.1) is 30.1 Å². The first kappa shape index (κ1) is 17.9. The minimum Gasteiger partial charge on any atom is -0.294 e. The standard InChI is InChI=1S/C18H18F2N6S/c1-11-3-4-12(9-22-24-21)7-14(11)15-5-6-16-17(23-15)25(2)27-26(16)10-13-8-18(13,19)20/h3-7,13H,8-10H2,1-2H3. The maximum atomic E-state index is 13.3. The highest BCUT2D eigenvalue weighted by atomic mass is 32.2. The minimum atomic E-state index is -2.53. The van der Waals surface area contributed by atoms with Gasteiger partial charge in [0.25, 0.3) is 5.92 Å². The fourth-order valence-corrected chi connectivity index (χ4v) is 4.19. The molecule has 27 heavy (non-hydrogen) atoms. The fourth-order valence-electron chi connectivity index (χ4n) is 3.20. The smallest absolute Gasteiger partial charge is 0.253 e. The zero-order valence-corrected chi connectivity index (χ0v) is 15.7. The van der Waals surface area contributed by atoms with E-state index in [9.17, 15) is 8.78 Å². The van der Waals surface area contributed by atoms with Gasteiger partial charge < -0.3 is 0 Å². The van der Waals surface area contributed by atoms with Crippen molar-refractivity contribution in [2.75, 3.05) is 22.2 Å². The lowest BCUT2D eigenvalue weighted by Crippen LogP contribution is -2.18. The van der Waals surface area contributed by atoms with Crippen molar-refractivity contribution in [3.05, 3.63) is 51.9 Å². The van der Waals surface area contributed by atoms with E-state index in [1.807, 2.05) is 52.9 Å². The molecular weight excluding hydrogens is 370 g/mol. The summed E-state index contributed by atoms with van der Waals surface area (Å²) >= 11 is 1.40. The molecule has 2 aliphatic rings. The summed E-state index contributed by atoms with van der Waals surface area (Å²) in [6.07, 6.45) is -0.0359. The highest BCUT2D eigenvalue weighted by Gasteiger charge is 2.57. The molecule has 1 unspecified atom stereocenters. The Labute approximate surface area is 160 Å². The molecule has 1 aliphatic carbocycles. The maximum absolute atomic E-state index is 13.3. The van der Waals surface area contributed by atoms with E-state index in [4.69, 9.17) is 10.5 Å². The Kier molecular flexibility index (Phi) is 4.36. The van der Waals surface area contributed by atoms with Gasteiger partial charge in [0, 0.05) is 36.4 Å². The molecule has 0 bridgehead atoms. The fraction of sp³-hybridized carbons (Fsp3) is 0.389. The SMILES string of the molecule is Cc1ccc(CN=[N+]=[N-])cc1-c1ccc2c(n1)N(C)SN2CC1CC1(F)F. The van der Waals surface area contributed by atoms with Crippen molar-refractivity contribution in [1.29, 1.82) is 0 Å². The largest absolute Gasteiger partial charge is 0.294 e. The van der Waals surface area contributed by atoms with Crippen LogP contribution < -0.4 is 8.61 Å². The molecule has 0 amide bonds. The third-order valence-corrected chi connectivity index (χ3v) is 5.84. The lowest BCUT2D eigenvalue weighted by atomic mass is 10.0. The van der Waals surface area contributed by atoms with Crippen molar-refractivity contribution < 1.29 is 8.78 Å². The normalized spacial score (nSPS) is 19.6. The summed E-state index contributed by atoms with van der Waals surface area (Å²) in [5, 5.41) is 3.61. The first-order chi connectivity index (χ1) is 12.9. The number of anilines is 2. The summed E-state index contributed by atoms with van der Waals surface area (Å²) in [6.45, 7) is 2.60. The second kappa shape index (κ2) is 6.58. The van der Waals surface area contributed by atoms with E-state index in [1.54, 1.807) is 0 Å². The van der Waals surface area contributed by atoms with E-state index in [2.05, 4.69) is 10.0 Å². The van der Waals surface area contributed by atoms with Gasteiger partial charge in [-0.05, 0) is 41.8 Å². The molecule has 2 heterocycles. The number of halogens is 2. The van der Waals surface area contributed by atoms with E-state index in [0.29, 0.717) is 6.54 Å². The number of alkyl halides is 2. The monoisotopic (exact) mass is 388 g/mol. The molecule has 1 fully saturated rings. The predicted octanol–water partition coefficient (Wildman–Crippen LogP) is 5.34. The molecule has 0 N–H and O–H groups in total. The van der Waals surface area contributed by atoms with Crippen LogP contribution in [-0.4, -0.2) is 24.5 Å². The zero-order valence-electron chi connectivity index (χ0n) is 14.9. The van der Waals surface area contributed by atoms with E-state index >= 15 is 0 Å². The van der Waals surface area contributed by atoms with E-state index in [-0.39, 0.29) is 13.0 Å².